The van der Waals surface area contributed by atoms with Crippen LogP contribution in [-0.2, 0) is 17.7 Å². The minimum atomic E-state index is -4.40. The van der Waals surface area contributed by atoms with E-state index in [2.05, 4.69) is 16.5 Å². The fraction of sp³-hybridized carbons (Fsp3) is 0.450. The quantitative estimate of drug-likeness (QED) is 0.789. The fourth-order valence-corrected chi connectivity index (χ4v) is 3.47. The molecule has 0 saturated heterocycles. The molecule has 3 heterocycles. The molecule has 1 amide bonds. The molecule has 2 aromatic rings. The number of hydrogen-bond donors (Lipinski definition) is 1. The Morgan fingerprint density at radius 2 is 2.16 bits per heavy atom. The third-order valence-corrected chi connectivity index (χ3v) is 4.97. The molecule has 2 atom stereocenters. The second kappa shape index (κ2) is 8.47. The van der Waals surface area contributed by atoms with Gasteiger partial charge in [0.25, 0.3) is 5.91 Å². The van der Waals surface area contributed by atoms with E-state index >= 15 is 0 Å². The number of carbonyl (C=O) groups excluding carboxylic acids is 1. The molecule has 1 N–H and O–H groups in total. The highest BCUT2D eigenvalue weighted by molar-refractivity contribution is 5.92. The number of carbonyl (C=O) groups is 1. The van der Waals surface area contributed by atoms with Gasteiger partial charge in [0.2, 0.25) is 5.88 Å². The Balaban J connectivity index is 1.35. The van der Waals surface area contributed by atoms with E-state index in [9.17, 15) is 18.0 Å². The van der Waals surface area contributed by atoms with Crippen molar-refractivity contribution in [1.82, 2.24) is 15.1 Å². The van der Waals surface area contributed by atoms with Crippen LogP contribution in [0, 0.1) is 11.3 Å². The Morgan fingerprint density at radius 3 is 2.94 bits per heavy atom. The summed E-state index contributed by atoms with van der Waals surface area (Å²) < 4.78 is 54.4. The molecule has 0 aliphatic carbocycles. The number of hydrogen-bond acceptors (Lipinski definition) is 6. The maximum Gasteiger partial charge on any atom is 0.411 e. The van der Waals surface area contributed by atoms with Crippen molar-refractivity contribution in [2.45, 2.75) is 37.7 Å². The van der Waals surface area contributed by atoms with Crippen LogP contribution in [0.1, 0.15) is 28.0 Å². The molecule has 0 spiro atoms. The molecular weight excluding hydrogens is 417 g/mol. The summed E-state index contributed by atoms with van der Waals surface area (Å²) in [4.78, 5) is 12.6. The number of halogens is 3. The molecule has 2 unspecified atom stereocenters. The summed E-state index contributed by atoms with van der Waals surface area (Å²) in [6, 6.07) is 8.38. The standard InChI is InChI=1S/C20H19F3N4O4/c21-20(22,23)11-31-15-3-4-27-18(30-10-15)7-16(26-27)19(28)25-14-6-13-5-12(8-24)1-2-17(13)29-9-14/h1-2,5,7,14-15H,3-4,6,9-11H2,(H,25,28). The van der Waals surface area contributed by atoms with Crippen LogP contribution in [0.25, 0.3) is 0 Å². The van der Waals surface area contributed by atoms with Crippen molar-refractivity contribution in [1.29, 1.82) is 5.26 Å². The lowest BCUT2D eigenvalue weighted by molar-refractivity contribution is -0.188. The number of alkyl halides is 3. The monoisotopic (exact) mass is 436 g/mol. The average molecular weight is 436 g/mol. The van der Waals surface area contributed by atoms with E-state index in [1.165, 1.54) is 10.7 Å². The Kier molecular flexibility index (Phi) is 5.73. The molecule has 2 aliphatic rings. The van der Waals surface area contributed by atoms with Crippen LogP contribution >= 0.6 is 0 Å². The predicted octanol–water partition coefficient (Wildman–Crippen LogP) is 2.22. The Bertz CT molecular complexity index is 989. The van der Waals surface area contributed by atoms with E-state index in [0.717, 1.165) is 5.56 Å². The predicted molar refractivity (Wildman–Crippen MR) is 99.7 cm³/mol. The van der Waals surface area contributed by atoms with Gasteiger partial charge in [-0.3, -0.25) is 4.79 Å². The second-order valence-corrected chi connectivity index (χ2v) is 7.36. The normalized spacial score (nSPS) is 20.3. The van der Waals surface area contributed by atoms with Crippen LogP contribution in [-0.4, -0.2) is 53.8 Å². The zero-order valence-electron chi connectivity index (χ0n) is 16.3. The zero-order chi connectivity index (χ0) is 22.0. The number of rotatable bonds is 4. The van der Waals surface area contributed by atoms with Gasteiger partial charge in [-0.1, -0.05) is 0 Å². The highest BCUT2D eigenvalue weighted by Crippen LogP contribution is 2.26. The number of aryl methyl sites for hydroxylation is 1. The molecule has 0 bridgehead atoms. The molecule has 8 nitrogen and oxygen atoms in total. The van der Waals surface area contributed by atoms with Gasteiger partial charge >= 0.3 is 6.18 Å². The fourth-order valence-electron chi connectivity index (χ4n) is 3.47. The Labute approximate surface area is 175 Å². The van der Waals surface area contributed by atoms with Gasteiger partial charge in [0, 0.05) is 12.6 Å². The van der Waals surface area contributed by atoms with Crippen molar-refractivity contribution in [3.8, 4) is 17.7 Å². The van der Waals surface area contributed by atoms with Crippen molar-refractivity contribution < 1.29 is 32.2 Å². The molecule has 1 aromatic heterocycles. The molecule has 0 fully saturated rings. The van der Waals surface area contributed by atoms with Gasteiger partial charge in [-0.05, 0) is 36.6 Å². The number of nitriles is 1. The summed E-state index contributed by atoms with van der Waals surface area (Å²) in [6.45, 7) is -0.842. The van der Waals surface area contributed by atoms with Crippen LogP contribution < -0.4 is 14.8 Å². The number of nitrogens with one attached hydrogen (secondary N) is 1. The van der Waals surface area contributed by atoms with E-state index in [-0.39, 0.29) is 37.9 Å². The van der Waals surface area contributed by atoms with Crippen molar-refractivity contribution >= 4 is 5.91 Å². The molecule has 11 heteroatoms. The van der Waals surface area contributed by atoms with Crippen LogP contribution in [0.15, 0.2) is 24.3 Å². The average Bonchev–Trinajstić information content (AvgIpc) is 3.05. The molecule has 0 radical (unpaired) electrons. The van der Waals surface area contributed by atoms with Gasteiger partial charge in [-0.2, -0.15) is 23.5 Å². The summed E-state index contributed by atoms with van der Waals surface area (Å²) in [5.41, 5.74) is 1.49. The first-order valence-electron chi connectivity index (χ1n) is 9.66. The van der Waals surface area contributed by atoms with Crippen molar-refractivity contribution in [3.05, 3.63) is 41.1 Å². The number of aromatic nitrogens is 2. The lowest BCUT2D eigenvalue weighted by Gasteiger charge is -2.26. The number of nitrogens with zero attached hydrogens (tertiary/aromatic N) is 3. The van der Waals surface area contributed by atoms with Crippen LogP contribution in [0.3, 0.4) is 0 Å². The summed E-state index contributed by atoms with van der Waals surface area (Å²) in [5.74, 6) is 0.573. The molecule has 0 saturated carbocycles. The summed E-state index contributed by atoms with van der Waals surface area (Å²) in [6.07, 6.45) is -4.32. The third-order valence-electron chi connectivity index (χ3n) is 4.97. The second-order valence-electron chi connectivity index (χ2n) is 7.36. The molecule has 4 rings (SSSR count). The van der Waals surface area contributed by atoms with Crippen molar-refractivity contribution in [3.63, 3.8) is 0 Å². The van der Waals surface area contributed by atoms with Gasteiger partial charge in [-0.15, -0.1) is 0 Å². The van der Waals surface area contributed by atoms with Crippen molar-refractivity contribution in [2.24, 2.45) is 0 Å². The maximum absolute atomic E-state index is 12.6. The first-order chi connectivity index (χ1) is 14.8. The number of fused-ring (bicyclic) bond motifs is 2. The highest BCUT2D eigenvalue weighted by atomic mass is 19.4. The lowest BCUT2D eigenvalue weighted by Crippen LogP contribution is -2.42. The van der Waals surface area contributed by atoms with Crippen molar-refractivity contribution in [2.75, 3.05) is 19.8 Å². The van der Waals surface area contributed by atoms with E-state index < -0.39 is 24.8 Å². The van der Waals surface area contributed by atoms with Crippen LogP contribution in [0.5, 0.6) is 11.6 Å². The highest BCUT2D eigenvalue weighted by Gasteiger charge is 2.31. The first-order valence-corrected chi connectivity index (χ1v) is 9.66. The molecular formula is C20H19F3N4O4. The summed E-state index contributed by atoms with van der Waals surface area (Å²) in [7, 11) is 0. The maximum atomic E-state index is 12.6. The van der Waals surface area contributed by atoms with E-state index in [1.807, 2.05) is 0 Å². The molecule has 31 heavy (non-hydrogen) atoms. The largest absolute Gasteiger partial charge is 0.491 e. The van der Waals surface area contributed by atoms with Gasteiger partial charge in [0.05, 0.1) is 23.8 Å². The number of ether oxygens (including phenoxy) is 3. The first kappa shape index (κ1) is 21.0. The molecule has 2 aliphatic heterocycles. The number of benzene rings is 1. The SMILES string of the molecule is N#Cc1ccc2c(c1)CC(NC(=O)c1cc3n(n1)CCC(OCC(F)(F)F)CO3)CO2. The minimum Gasteiger partial charge on any atom is -0.491 e. The smallest absolute Gasteiger partial charge is 0.411 e. The third kappa shape index (κ3) is 5.08. The number of amides is 1. The Hall–Kier alpha value is -3.26. The summed E-state index contributed by atoms with van der Waals surface area (Å²) in [5, 5.41) is 16.1. The van der Waals surface area contributed by atoms with Crippen LogP contribution in [0.4, 0.5) is 13.2 Å². The van der Waals surface area contributed by atoms with Gasteiger partial charge in [0.1, 0.15) is 25.6 Å². The van der Waals surface area contributed by atoms with Gasteiger partial charge in [0.15, 0.2) is 5.69 Å². The minimum absolute atomic E-state index is 0.0582. The molecule has 1 aromatic carbocycles. The van der Waals surface area contributed by atoms with Gasteiger partial charge in [-0.25, -0.2) is 4.68 Å². The van der Waals surface area contributed by atoms with Crippen LogP contribution in [0.2, 0.25) is 0 Å². The van der Waals surface area contributed by atoms with Gasteiger partial charge < -0.3 is 19.5 Å². The van der Waals surface area contributed by atoms with E-state index in [0.29, 0.717) is 23.6 Å². The topological polar surface area (TPSA) is 98.4 Å². The lowest BCUT2D eigenvalue weighted by atomic mass is 10.0. The molecule has 164 valence electrons. The zero-order valence-corrected chi connectivity index (χ0v) is 16.3. The van der Waals surface area contributed by atoms with E-state index in [1.54, 1.807) is 18.2 Å². The van der Waals surface area contributed by atoms with E-state index in [4.69, 9.17) is 19.5 Å². The Morgan fingerprint density at radius 1 is 1.32 bits per heavy atom. The summed E-state index contributed by atoms with van der Waals surface area (Å²) >= 11 is 0.